The number of nitrogens with zero attached hydrogens (tertiary/aromatic N) is 3. The Morgan fingerprint density at radius 1 is 0.951 bits per heavy atom. The molecule has 1 aromatic carbocycles. The Bertz CT molecular complexity index is 1210. The normalized spacial score (nSPS) is 30.9. The second-order valence-corrected chi connectivity index (χ2v) is 11.9. The summed E-state index contributed by atoms with van der Waals surface area (Å²) in [6.45, 7) is 9.59. The third-order valence-corrected chi connectivity index (χ3v) is 8.98. The quantitative estimate of drug-likeness (QED) is 0.345. The lowest BCUT2D eigenvalue weighted by Crippen LogP contribution is -2.57. The maximum absolute atomic E-state index is 14.4. The number of anilines is 1. The van der Waals surface area contributed by atoms with E-state index in [9.17, 15) is 14.4 Å². The van der Waals surface area contributed by atoms with Crippen molar-refractivity contribution in [1.82, 2.24) is 9.80 Å². The van der Waals surface area contributed by atoms with Crippen molar-refractivity contribution in [3.8, 4) is 5.75 Å². The summed E-state index contributed by atoms with van der Waals surface area (Å²) in [5.74, 6) is -1.44. The van der Waals surface area contributed by atoms with Crippen molar-refractivity contribution in [3.05, 3.63) is 48.6 Å². The molecule has 0 radical (unpaired) electrons. The molecule has 4 aliphatic rings. The van der Waals surface area contributed by atoms with Crippen LogP contribution in [0.4, 0.5) is 5.69 Å². The largest absolute Gasteiger partial charge is 0.494 e. The monoisotopic (exact) mass is 565 g/mol. The standard InChI is InChI=1S/C32H43N3O6/c1-5-40-24-14-12-23(13-15-24)34-20-10-16-31(4)25(28(34)37)26-29(38)35(18-8-6-7-9-21-36)27-30(39)33(22(2)3)19-11-17-32(26,27)41-31/h10-17,22,25-27,36H,5-9,18-21H2,1-4H3/t25-,26+,27?,31+,32+/m1/s1. The van der Waals surface area contributed by atoms with Crippen molar-refractivity contribution in [2.75, 3.05) is 37.7 Å². The third-order valence-electron chi connectivity index (χ3n) is 8.98. The first kappa shape index (κ1) is 29.3. The van der Waals surface area contributed by atoms with Gasteiger partial charge in [-0.15, -0.1) is 0 Å². The number of hydrogen-bond acceptors (Lipinski definition) is 6. The van der Waals surface area contributed by atoms with Gasteiger partial charge in [-0.1, -0.05) is 37.1 Å². The molecule has 222 valence electrons. The maximum atomic E-state index is 14.4. The molecule has 4 heterocycles. The van der Waals surface area contributed by atoms with Gasteiger partial charge in [0, 0.05) is 38.0 Å². The second-order valence-electron chi connectivity index (χ2n) is 11.9. The number of ether oxygens (including phenoxy) is 2. The highest BCUT2D eigenvalue weighted by atomic mass is 16.5. The number of hydrogen-bond donors (Lipinski definition) is 1. The van der Waals surface area contributed by atoms with Gasteiger partial charge in [-0.05, 0) is 64.8 Å². The van der Waals surface area contributed by atoms with Gasteiger partial charge in [0.2, 0.25) is 17.7 Å². The number of likely N-dealkylation sites (tertiary alicyclic amines) is 1. The predicted molar refractivity (Wildman–Crippen MR) is 155 cm³/mol. The van der Waals surface area contributed by atoms with Crippen molar-refractivity contribution in [1.29, 1.82) is 0 Å². The molecule has 0 aromatic heterocycles. The molecule has 3 amide bonds. The molecule has 41 heavy (non-hydrogen) atoms. The van der Waals surface area contributed by atoms with Crippen molar-refractivity contribution in [2.45, 2.75) is 76.7 Å². The van der Waals surface area contributed by atoms with Crippen molar-refractivity contribution in [3.63, 3.8) is 0 Å². The van der Waals surface area contributed by atoms with Crippen LogP contribution < -0.4 is 9.64 Å². The van der Waals surface area contributed by atoms with Crippen LogP contribution in [0.2, 0.25) is 0 Å². The number of rotatable bonds is 10. The SMILES string of the molecule is CCOc1ccc(N2CC=C[C@]3(C)O[C@]45C=CCN(C(C)C)C(=O)C4N(CCCCCCO)C(=O)[C@@H]5[C@@H]3C2=O)cc1. The van der Waals surface area contributed by atoms with Crippen LogP contribution in [0.15, 0.2) is 48.6 Å². The summed E-state index contributed by atoms with van der Waals surface area (Å²) < 4.78 is 12.5. The van der Waals surface area contributed by atoms with Gasteiger partial charge in [0.25, 0.3) is 0 Å². The minimum Gasteiger partial charge on any atom is -0.494 e. The molecule has 1 spiro atoms. The number of aliphatic hydroxyl groups is 1. The molecule has 9 heteroatoms. The van der Waals surface area contributed by atoms with Gasteiger partial charge in [0.1, 0.15) is 17.4 Å². The van der Waals surface area contributed by atoms with Gasteiger partial charge in [-0.2, -0.15) is 0 Å². The topological polar surface area (TPSA) is 99.6 Å². The Balaban J connectivity index is 1.53. The van der Waals surface area contributed by atoms with E-state index in [0.29, 0.717) is 39.1 Å². The molecule has 1 aromatic rings. The summed E-state index contributed by atoms with van der Waals surface area (Å²) >= 11 is 0. The molecule has 9 nitrogen and oxygen atoms in total. The van der Waals surface area contributed by atoms with Gasteiger partial charge < -0.3 is 29.3 Å². The Morgan fingerprint density at radius 2 is 1.66 bits per heavy atom. The fourth-order valence-electron chi connectivity index (χ4n) is 7.11. The highest BCUT2D eigenvalue weighted by Gasteiger charge is 2.74. The zero-order chi connectivity index (χ0) is 29.4. The fraction of sp³-hybridized carbons (Fsp3) is 0.594. The number of aliphatic hydroxyl groups excluding tert-OH is 1. The summed E-state index contributed by atoms with van der Waals surface area (Å²) in [7, 11) is 0. The van der Waals surface area contributed by atoms with E-state index in [1.54, 1.807) is 14.7 Å². The number of unbranched alkanes of at least 4 members (excludes halogenated alkanes) is 3. The molecule has 4 aliphatic heterocycles. The highest BCUT2D eigenvalue weighted by molar-refractivity contribution is 6.04. The van der Waals surface area contributed by atoms with Crippen LogP contribution in [0.5, 0.6) is 5.75 Å². The van der Waals surface area contributed by atoms with Crippen LogP contribution in [0.1, 0.15) is 53.4 Å². The molecular weight excluding hydrogens is 522 g/mol. The summed E-state index contributed by atoms with van der Waals surface area (Å²) in [5.41, 5.74) is -1.58. The van der Waals surface area contributed by atoms with Crippen molar-refractivity contribution in [2.24, 2.45) is 11.8 Å². The van der Waals surface area contributed by atoms with E-state index >= 15 is 0 Å². The number of carbonyl (C=O) groups excluding carboxylic acids is 3. The van der Waals surface area contributed by atoms with Crippen LogP contribution in [0.25, 0.3) is 0 Å². The molecule has 2 fully saturated rings. The van der Waals surface area contributed by atoms with Crippen LogP contribution in [-0.2, 0) is 19.1 Å². The van der Waals surface area contributed by atoms with Crippen molar-refractivity contribution < 1.29 is 29.0 Å². The van der Waals surface area contributed by atoms with Crippen LogP contribution in [0, 0.1) is 11.8 Å². The van der Waals surface area contributed by atoms with E-state index in [0.717, 1.165) is 24.3 Å². The summed E-state index contributed by atoms with van der Waals surface area (Å²) in [5, 5.41) is 9.17. The molecule has 2 saturated heterocycles. The molecule has 5 atom stereocenters. The van der Waals surface area contributed by atoms with Gasteiger partial charge >= 0.3 is 0 Å². The lowest BCUT2D eigenvalue weighted by Gasteiger charge is -2.38. The van der Waals surface area contributed by atoms with Gasteiger partial charge in [0.15, 0.2) is 0 Å². The van der Waals surface area contributed by atoms with E-state index in [-0.39, 0.29) is 30.4 Å². The van der Waals surface area contributed by atoms with Crippen LogP contribution in [-0.4, -0.2) is 88.8 Å². The number of amides is 3. The maximum Gasteiger partial charge on any atom is 0.249 e. The third kappa shape index (κ3) is 4.97. The zero-order valence-electron chi connectivity index (χ0n) is 24.6. The van der Waals surface area contributed by atoms with Crippen molar-refractivity contribution >= 4 is 23.4 Å². The van der Waals surface area contributed by atoms with Crippen LogP contribution in [0.3, 0.4) is 0 Å². The summed E-state index contributed by atoms with van der Waals surface area (Å²) in [6.07, 6.45) is 10.8. The summed E-state index contributed by atoms with van der Waals surface area (Å²) in [4.78, 5) is 48.2. The number of fused-ring (bicyclic) bond motifs is 2. The Kier molecular flexibility index (Phi) is 8.30. The molecule has 0 bridgehead atoms. The van der Waals surface area contributed by atoms with E-state index < -0.39 is 29.1 Å². The predicted octanol–water partition coefficient (Wildman–Crippen LogP) is 3.32. The van der Waals surface area contributed by atoms with E-state index in [1.807, 2.05) is 76.3 Å². The molecule has 0 aliphatic carbocycles. The van der Waals surface area contributed by atoms with Gasteiger partial charge in [-0.25, -0.2) is 0 Å². The smallest absolute Gasteiger partial charge is 0.249 e. The lowest BCUT2D eigenvalue weighted by atomic mass is 9.74. The lowest BCUT2D eigenvalue weighted by molar-refractivity contribution is -0.152. The summed E-state index contributed by atoms with van der Waals surface area (Å²) in [6, 6.07) is 6.51. The average molecular weight is 566 g/mol. The Labute approximate surface area is 242 Å². The van der Waals surface area contributed by atoms with Gasteiger partial charge in [-0.3, -0.25) is 14.4 Å². The fourth-order valence-corrected chi connectivity index (χ4v) is 7.11. The van der Waals surface area contributed by atoms with E-state index in [4.69, 9.17) is 14.6 Å². The number of carbonyl (C=O) groups is 3. The Morgan fingerprint density at radius 3 is 2.34 bits per heavy atom. The first-order valence-corrected chi connectivity index (χ1v) is 15.0. The van der Waals surface area contributed by atoms with Gasteiger partial charge in [0.05, 0.1) is 24.0 Å². The number of benzene rings is 1. The highest BCUT2D eigenvalue weighted by Crippen LogP contribution is 2.57. The minimum absolute atomic E-state index is 0.0537. The molecule has 1 N–H and O–H groups in total. The zero-order valence-corrected chi connectivity index (χ0v) is 24.6. The van der Waals surface area contributed by atoms with E-state index in [1.165, 1.54) is 0 Å². The molecule has 0 saturated carbocycles. The minimum atomic E-state index is -1.25. The average Bonchev–Trinajstić information content (AvgIpc) is 3.19. The molecular formula is C32H43N3O6. The first-order valence-electron chi connectivity index (χ1n) is 15.0. The Hall–Kier alpha value is -3.17. The molecule has 1 unspecified atom stereocenters. The first-order chi connectivity index (χ1) is 19.7. The van der Waals surface area contributed by atoms with Crippen LogP contribution >= 0.6 is 0 Å². The van der Waals surface area contributed by atoms with E-state index in [2.05, 4.69) is 0 Å². The second kappa shape index (κ2) is 11.6. The molecule has 5 rings (SSSR count).